The number of carbonyl (C=O) groups is 2. The Kier molecular flexibility index (Phi) is 9.00. The Bertz CT molecular complexity index is 1650. The van der Waals surface area contributed by atoms with Crippen molar-refractivity contribution in [2.75, 3.05) is 19.8 Å². The average molecular weight is 563 g/mol. The first-order valence-electron chi connectivity index (χ1n) is 12.8. The second kappa shape index (κ2) is 12.6. The van der Waals surface area contributed by atoms with E-state index in [4.69, 9.17) is 18.9 Å². The van der Waals surface area contributed by atoms with Gasteiger partial charge in [-0.2, -0.15) is 0 Å². The highest BCUT2D eigenvalue weighted by Gasteiger charge is 2.34. The number of thiazole rings is 1. The molecule has 2 heterocycles. The van der Waals surface area contributed by atoms with Crippen molar-refractivity contribution >= 4 is 29.4 Å². The topological polar surface area (TPSA) is 105 Å². The zero-order valence-electron chi connectivity index (χ0n) is 22.8. The van der Waals surface area contributed by atoms with Gasteiger partial charge in [0.2, 0.25) is 0 Å². The molecule has 1 aromatic heterocycles. The lowest BCUT2D eigenvalue weighted by Gasteiger charge is -2.25. The molecule has 0 radical (unpaired) electrons. The van der Waals surface area contributed by atoms with Crippen molar-refractivity contribution in [3.05, 3.63) is 97.2 Å². The van der Waals surface area contributed by atoms with E-state index in [1.54, 1.807) is 68.5 Å². The van der Waals surface area contributed by atoms with E-state index in [0.29, 0.717) is 51.1 Å². The number of hydrogen-bond donors (Lipinski definition) is 0. The molecule has 40 heavy (non-hydrogen) atoms. The van der Waals surface area contributed by atoms with Gasteiger partial charge < -0.3 is 18.9 Å². The third kappa shape index (κ3) is 6.07. The van der Waals surface area contributed by atoms with Crippen molar-refractivity contribution in [3.63, 3.8) is 0 Å². The van der Waals surface area contributed by atoms with Gasteiger partial charge in [-0.3, -0.25) is 14.2 Å². The number of hydrogen-bond acceptors (Lipinski definition) is 9. The molecular weight excluding hydrogens is 532 g/mol. The largest absolute Gasteiger partial charge is 0.490 e. The number of nitrogens with zero attached hydrogens (tertiary/aromatic N) is 2. The third-order valence-corrected chi connectivity index (χ3v) is 6.88. The summed E-state index contributed by atoms with van der Waals surface area (Å²) in [5, 5.41) is 0. The summed E-state index contributed by atoms with van der Waals surface area (Å²) >= 11 is 1.22. The van der Waals surface area contributed by atoms with E-state index >= 15 is 0 Å². The Morgan fingerprint density at radius 2 is 1.82 bits per heavy atom. The first-order valence-corrected chi connectivity index (χ1v) is 13.6. The monoisotopic (exact) mass is 562 g/mol. The first kappa shape index (κ1) is 28.6. The zero-order valence-corrected chi connectivity index (χ0v) is 23.6. The van der Waals surface area contributed by atoms with Gasteiger partial charge in [0.1, 0.15) is 12.4 Å². The summed E-state index contributed by atoms with van der Waals surface area (Å²) < 4.78 is 24.0. The molecule has 10 heteroatoms. The standard InChI is InChI=1S/C30H30N2O7S/c1-6-15-38-23-14-11-21(17-24(23)36-7-2)27-26(29(35)37-8-3)18(4)31-30-32(27)28(34)25(40-30)16-20-9-12-22(13-10-20)39-19(5)33/h6,9-14,16-17,27H,1,7-8,15H2,2-5H3/b25-16-/t27-/m0/s1. The van der Waals surface area contributed by atoms with E-state index in [1.807, 2.05) is 6.92 Å². The van der Waals surface area contributed by atoms with Crippen molar-refractivity contribution < 1.29 is 28.5 Å². The summed E-state index contributed by atoms with van der Waals surface area (Å²) in [6.07, 6.45) is 3.37. The lowest BCUT2D eigenvalue weighted by atomic mass is 9.95. The maximum atomic E-state index is 13.8. The molecule has 0 bridgehead atoms. The molecule has 0 aliphatic carbocycles. The smallest absolute Gasteiger partial charge is 0.338 e. The number of ether oxygens (including phenoxy) is 4. The summed E-state index contributed by atoms with van der Waals surface area (Å²) in [6.45, 7) is 11.2. The molecule has 4 rings (SSSR count). The minimum atomic E-state index is -0.795. The van der Waals surface area contributed by atoms with E-state index in [1.165, 1.54) is 22.8 Å². The summed E-state index contributed by atoms with van der Waals surface area (Å²) in [5.74, 6) is 0.449. The predicted octanol–water partition coefficient (Wildman–Crippen LogP) is 3.69. The molecule has 9 nitrogen and oxygen atoms in total. The van der Waals surface area contributed by atoms with Crippen LogP contribution in [-0.2, 0) is 14.3 Å². The minimum Gasteiger partial charge on any atom is -0.490 e. The number of fused-ring (bicyclic) bond motifs is 1. The highest BCUT2D eigenvalue weighted by Crippen LogP contribution is 2.36. The van der Waals surface area contributed by atoms with Crippen LogP contribution in [0.15, 0.2) is 76.2 Å². The quantitative estimate of drug-likeness (QED) is 0.211. The summed E-state index contributed by atoms with van der Waals surface area (Å²) in [6, 6.07) is 11.3. The summed E-state index contributed by atoms with van der Waals surface area (Å²) in [4.78, 5) is 43.3. The van der Waals surface area contributed by atoms with Crippen LogP contribution in [0, 0.1) is 0 Å². The Morgan fingerprint density at radius 3 is 2.48 bits per heavy atom. The predicted molar refractivity (Wildman–Crippen MR) is 151 cm³/mol. The molecule has 0 N–H and O–H groups in total. The van der Waals surface area contributed by atoms with E-state index in [0.717, 1.165) is 5.56 Å². The van der Waals surface area contributed by atoms with Crippen LogP contribution in [0.3, 0.4) is 0 Å². The molecule has 0 amide bonds. The van der Waals surface area contributed by atoms with Crippen LogP contribution in [0.5, 0.6) is 17.2 Å². The van der Waals surface area contributed by atoms with Crippen LogP contribution in [0.4, 0.5) is 0 Å². The molecule has 0 saturated carbocycles. The summed E-state index contributed by atoms with van der Waals surface area (Å²) in [5.41, 5.74) is 1.81. The van der Waals surface area contributed by atoms with E-state index in [9.17, 15) is 14.4 Å². The molecule has 208 valence electrons. The number of esters is 2. The van der Waals surface area contributed by atoms with Crippen molar-refractivity contribution in [1.82, 2.24) is 4.57 Å². The molecule has 0 spiro atoms. The Hall–Kier alpha value is -4.44. The number of aromatic nitrogens is 1. The second-order valence-electron chi connectivity index (χ2n) is 8.70. The van der Waals surface area contributed by atoms with Crippen molar-refractivity contribution in [3.8, 4) is 17.2 Å². The lowest BCUT2D eigenvalue weighted by molar-refractivity contribution is -0.139. The van der Waals surface area contributed by atoms with Crippen molar-refractivity contribution in [2.24, 2.45) is 4.99 Å². The maximum Gasteiger partial charge on any atom is 0.338 e. The maximum absolute atomic E-state index is 13.8. The minimum absolute atomic E-state index is 0.175. The molecule has 2 aromatic carbocycles. The molecule has 0 fully saturated rings. The molecule has 0 unspecified atom stereocenters. The van der Waals surface area contributed by atoms with Gasteiger partial charge in [-0.05, 0) is 62.2 Å². The fraction of sp³-hybridized carbons (Fsp3) is 0.267. The normalized spacial score (nSPS) is 14.7. The number of benzene rings is 2. The van der Waals surface area contributed by atoms with Gasteiger partial charge in [0.05, 0.1) is 35.1 Å². The Balaban J connectivity index is 1.88. The zero-order chi connectivity index (χ0) is 28.8. The van der Waals surface area contributed by atoms with Gasteiger partial charge in [-0.1, -0.05) is 42.2 Å². The molecule has 0 saturated heterocycles. The number of carbonyl (C=O) groups excluding carboxylic acids is 2. The first-order chi connectivity index (χ1) is 19.3. The van der Waals surface area contributed by atoms with E-state index in [2.05, 4.69) is 11.6 Å². The SMILES string of the molecule is C=CCOc1ccc([C@H]2C(C(=O)OCC)=C(C)N=c3s/c(=C\c4ccc(OC(C)=O)cc4)c(=O)n32)cc1OCC. The lowest BCUT2D eigenvalue weighted by Crippen LogP contribution is -2.40. The second-order valence-corrected chi connectivity index (χ2v) is 9.71. The molecule has 1 aliphatic rings. The molecular formula is C30H30N2O7S. The van der Waals surface area contributed by atoms with Gasteiger partial charge in [-0.25, -0.2) is 9.79 Å². The molecule has 1 aliphatic heterocycles. The van der Waals surface area contributed by atoms with Crippen LogP contribution in [0.25, 0.3) is 6.08 Å². The average Bonchev–Trinajstić information content (AvgIpc) is 3.22. The van der Waals surface area contributed by atoms with Gasteiger partial charge in [0, 0.05) is 6.92 Å². The van der Waals surface area contributed by atoms with E-state index in [-0.39, 0.29) is 17.7 Å². The fourth-order valence-corrected chi connectivity index (χ4v) is 5.33. The van der Waals surface area contributed by atoms with Crippen molar-refractivity contribution in [2.45, 2.75) is 33.7 Å². The van der Waals surface area contributed by atoms with Crippen LogP contribution >= 0.6 is 11.3 Å². The van der Waals surface area contributed by atoms with Crippen LogP contribution in [-0.4, -0.2) is 36.3 Å². The van der Waals surface area contributed by atoms with Crippen LogP contribution in [0.2, 0.25) is 0 Å². The Labute approximate surface area is 235 Å². The highest BCUT2D eigenvalue weighted by molar-refractivity contribution is 7.07. The van der Waals surface area contributed by atoms with Crippen molar-refractivity contribution in [1.29, 1.82) is 0 Å². The van der Waals surface area contributed by atoms with E-state index < -0.39 is 18.0 Å². The van der Waals surface area contributed by atoms with Gasteiger partial charge >= 0.3 is 11.9 Å². The van der Waals surface area contributed by atoms with Crippen LogP contribution < -0.4 is 29.1 Å². The third-order valence-electron chi connectivity index (χ3n) is 5.90. The number of allylic oxidation sites excluding steroid dienone is 1. The summed E-state index contributed by atoms with van der Waals surface area (Å²) in [7, 11) is 0. The fourth-order valence-electron chi connectivity index (χ4n) is 4.29. The van der Waals surface area contributed by atoms with Gasteiger partial charge in [-0.15, -0.1) is 0 Å². The molecule has 1 atom stereocenters. The Morgan fingerprint density at radius 1 is 1.07 bits per heavy atom. The number of rotatable bonds is 10. The highest BCUT2D eigenvalue weighted by atomic mass is 32.1. The van der Waals surface area contributed by atoms with Crippen LogP contribution in [0.1, 0.15) is 44.9 Å². The van der Waals surface area contributed by atoms with Gasteiger partial charge in [0.25, 0.3) is 5.56 Å². The molecule has 3 aromatic rings. The van der Waals surface area contributed by atoms with Gasteiger partial charge in [0.15, 0.2) is 16.3 Å².